The van der Waals surface area contributed by atoms with Crippen molar-refractivity contribution >= 4 is 11.5 Å². The van der Waals surface area contributed by atoms with Gasteiger partial charge in [0.15, 0.2) is 0 Å². The highest BCUT2D eigenvalue weighted by Gasteiger charge is 2.17. The van der Waals surface area contributed by atoms with E-state index in [2.05, 4.69) is 62.1 Å². The maximum atomic E-state index is 12.8. The van der Waals surface area contributed by atoms with Gasteiger partial charge in [-0.05, 0) is 34.1 Å². The molecule has 1 aliphatic heterocycles. The maximum Gasteiger partial charge on any atom is 0.341 e. The van der Waals surface area contributed by atoms with Gasteiger partial charge in [-0.15, -0.1) is 0 Å². The summed E-state index contributed by atoms with van der Waals surface area (Å²) in [6.45, 7) is 10.1. The van der Waals surface area contributed by atoms with Gasteiger partial charge in [0.2, 0.25) is 0 Å². The molecular formula is C24H29N3O2S. The predicted molar refractivity (Wildman–Crippen MR) is 123 cm³/mol. The normalized spacial score (nSPS) is 14.6. The standard InChI is InChI=1S/C24H29N3O2S/c1-24(2,3)21-10-8-18(9-11-21)16-26-22(28)27(30-23(26)29)15-14-25-13-12-19-6-4-5-7-20(19)17-25/h4-11H,12-17H2,1-3H3. The van der Waals surface area contributed by atoms with Crippen LogP contribution in [0.3, 0.4) is 0 Å². The SMILES string of the molecule is CC(C)(C)c1ccc(Cn2c(=O)sn(CCN3CCc4ccccc4C3)c2=O)cc1. The summed E-state index contributed by atoms with van der Waals surface area (Å²) in [4.78, 5) is 27.4. The Balaban J connectivity index is 1.43. The molecule has 0 unspecified atom stereocenters. The number of nitrogens with zero attached hydrogens (tertiary/aromatic N) is 3. The van der Waals surface area contributed by atoms with Crippen molar-refractivity contribution in [3.05, 3.63) is 90.9 Å². The summed E-state index contributed by atoms with van der Waals surface area (Å²) in [6, 6.07) is 16.7. The first-order chi connectivity index (χ1) is 14.3. The summed E-state index contributed by atoms with van der Waals surface area (Å²) in [5.74, 6) is 0. The Hall–Kier alpha value is -2.44. The van der Waals surface area contributed by atoms with Crippen LogP contribution in [0.4, 0.5) is 0 Å². The number of benzene rings is 2. The Morgan fingerprint density at radius 1 is 0.933 bits per heavy atom. The van der Waals surface area contributed by atoms with Crippen molar-refractivity contribution in [1.29, 1.82) is 0 Å². The van der Waals surface area contributed by atoms with E-state index in [0.29, 0.717) is 13.1 Å². The molecule has 0 radical (unpaired) electrons. The number of fused-ring (bicyclic) bond motifs is 1. The van der Waals surface area contributed by atoms with Crippen LogP contribution in [0.5, 0.6) is 0 Å². The molecule has 1 aromatic heterocycles. The Labute approximate surface area is 181 Å². The first-order valence-electron chi connectivity index (χ1n) is 10.5. The van der Waals surface area contributed by atoms with Gasteiger partial charge in [-0.2, -0.15) is 0 Å². The van der Waals surface area contributed by atoms with Crippen LogP contribution in [0.1, 0.15) is 43.0 Å². The molecule has 0 saturated carbocycles. The molecule has 0 aliphatic carbocycles. The van der Waals surface area contributed by atoms with Gasteiger partial charge in [0.25, 0.3) is 0 Å². The molecule has 2 aromatic carbocycles. The van der Waals surface area contributed by atoms with E-state index in [1.165, 1.54) is 21.3 Å². The average Bonchev–Trinajstić information content (AvgIpc) is 2.99. The molecule has 0 spiro atoms. The highest BCUT2D eigenvalue weighted by atomic mass is 32.1. The smallest absolute Gasteiger partial charge is 0.297 e. The van der Waals surface area contributed by atoms with E-state index >= 15 is 0 Å². The molecule has 6 heteroatoms. The van der Waals surface area contributed by atoms with Crippen molar-refractivity contribution in [1.82, 2.24) is 13.4 Å². The zero-order valence-electron chi connectivity index (χ0n) is 17.9. The molecule has 0 amide bonds. The zero-order chi connectivity index (χ0) is 21.3. The lowest BCUT2D eigenvalue weighted by molar-refractivity contribution is 0.245. The van der Waals surface area contributed by atoms with E-state index in [-0.39, 0.29) is 16.0 Å². The van der Waals surface area contributed by atoms with E-state index in [0.717, 1.165) is 43.2 Å². The van der Waals surface area contributed by atoms with Gasteiger partial charge in [-0.1, -0.05) is 69.3 Å². The quantitative estimate of drug-likeness (QED) is 0.631. The van der Waals surface area contributed by atoms with Crippen LogP contribution in [0.25, 0.3) is 0 Å². The molecule has 0 saturated heterocycles. The largest absolute Gasteiger partial charge is 0.341 e. The molecule has 158 valence electrons. The van der Waals surface area contributed by atoms with Crippen molar-refractivity contribution in [3.63, 3.8) is 0 Å². The first kappa shape index (κ1) is 20.8. The minimum Gasteiger partial charge on any atom is -0.297 e. The van der Waals surface area contributed by atoms with Crippen LogP contribution < -0.4 is 10.6 Å². The van der Waals surface area contributed by atoms with Crippen LogP contribution in [-0.4, -0.2) is 26.5 Å². The van der Waals surface area contributed by atoms with Crippen LogP contribution in [0.15, 0.2) is 58.1 Å². The van der Waals surface area contributed by atoms with Gasteiger partial charge in [0, 0.05) is 31.2 Å². The molecule has 2 heterocycles. The highest BCUT2D eigenvalue weighted by molar-refractivity contribution is 7.03. The average molecular weight is 424 g/mol. The molecule has 1 aliphatic rings. The van der Waals surface area contributed by atoms with Crippen LogP contribution >= 0.6 is 11.5 Å². The fourth-order valence-electron chi connectivity index (χ4n) is 3.94. The predicted octanol–water partition coefficient (Wildman–Crippen LogP) is 3.48. The van der Waals surface area contributed by atoms with Crippen molar-refractivity contribution in [3.8, 4) is 0 Å². The Morgan fingerprint density at radius 3 is 2.33 bits per heavy atom. The summed E-state index contributed by atoms with van der Waals surface area (Å²) in [6.07, 6.45) is 1.03. The molecular weight excluding hydrogens is 394 g/mol. The second kappa shape index (κ2) is 8.36. The van der Waals surface area contributed by atoms with Gasteiger partial charge in [0.1, 0.15) is 0 Å². The van der Waals surface area contributed by atoms with Crippen molar-refractivity contribution in [2.75, 3.05) is 13.1 Å². The van der Waals surface area contributed by atoms with E-state index in [9.17, 15) is 9.59 Å². The van der Waals surface area contributed by atoms with Gasteiger partial charge < -0.3 is 0 Å². The van der Waals surface area contributed by atoms with Crippen LogP contribution in [0, 0.1) is 0 Å². The van der Waals surface area contributed by atoms with Crippen molar-refractivity contribution in [2.45, 2.75) is 52.2 Å². The molecule has 0 N–H and O–H groups in total. The van der Waals surface area contributed by atoms with Gasteiger partial charge in [-0.25, -0.2) is 13.3 Å². The molecule has 4 rings (SSSR count). The van der Waals surface area contributed by atoms with E-state index in [1.807, 2.05) is 12.1 Å². The second-order valence-corrected chi connectivity index (χ2v) is 10.0. The number of hydrogen-bond acceptors (Lipinski definition) is 4. The van der Waals surface area contributed by atoms with Crippen LogP contribution in [0.2, 0.25) is 0 Å². The third kappa shape index (κ3) is 4.50. The topological polar surface area (TPSA) is 47.2 Å². The fraction of sp³-hybridized carbons (Fsp3) is 0.417. The molecule has 30 heavy (non-hydrogen) atoms. The zero-order valence-corrected chi connectivity index (χ0v) is 18.7. The Kier molecular flexibility index (Phi) is 5.80. The van der Waals surface area contributed by atoms with E-state index in [4.69, 9.17) is 0 Å². The lowest BCUT2D eigenvalue weighted by atomic mass is 9.87. The van der Waals surface area contributed by atoms with Crippen LogP contribution in [-0.2, 0) is 31.5 Å². The van der Waals surface area contributed by atoms with E-state index in [1.54, 1.807) is 3.96 Å². The monoisotopic (exact) mass is 423 g/mol. The van der Waals surface area contributed by atoms with E-state index < -0.39 is 0 Å². The fourth-order valence-corrected chi connectivity index (χ4v) is 4.72. The Morgan fingerprint density at radius 2 is 1.63 bits per heavy atom. The number of aromatic nitrogens is 2. The third-order valence-electron chi connectivity index (χ3n) is 5.84. The first-order valence-corrected chi connectivity index (χ1v) is 11.3. The maximum absolute atomic E-state index is 12.8. The van der Waals surface area contributed by atoms with Crippen molar-refractivity contribution < 1.29 is 0 Å². The van der Waals surface area contributed by atoms with Gasteiger partial charge in [0.05, 0.1) is 13.1 Å². The summed E-state index contributed by atoms with van der Waals surface area (Å²) in [7, 11) is 0. The highest BCUT2D eigenvalue weighted by Crippen LogP contribution is 2.22. The minimum absolute atomic E-state index is 0.0828. The summed E-state index contributed by atoms with van der Waals surface area (Å²) in [5.41, 5.74) is 4.87. The molecule has 3 aromatic rings. The number of hydrogen-bond donors (Lipinski definition) is 0. The minimum atomic E-state index is -0.206. The lowest BCUT2D eigenvalue weighted by Gasteiger charge is -2.28. The molecule has 5 nitrogen and oxygen atoms in total. The summed E-state index contributed by atoms with van der Waals surface area (Å²) in [5, 5.41) is 0. The number of rotatable bonds is 5. The summed E-state index contributed by atoms with van der Waals surface area (Å²) >= 11 is 1.03. The lowest BCUT2D eigenvalue weighted by Crippen LogP contribution is -2.35. The van der Waals surface area contributed by atoms with Gasteiger partial charge >= 0.3 is 10.6 Å². The molecule has 0 atom stereocenters. The summed E-state index contributed by atoms with van der Waals surface area (Å²) < 4.78 is 2.95. The van der Waals surface area contributed by atoms with Gasteiger partial charge in [-0.3, -0.25) is 9.69 Å². The molecule has 0 bridgehead atoms. The Bertz CT molecular complexity index is 1130. The van der Waals surface area contributed by atoms with Crippen molar-refractivity contribution in [2.24, 2.45) is 0 Å². The molecule has 0 fully saturated rings. The second-order valence-electron chi connectivity index (χ2n) is 9.07. The third-order valence-corrected chi connectivity index (χ3v) is 6.78.